The third kappa shape index (κ3) is 2.00. The van der Waals surface area contributed by atoms with E-state index in [4.69, 9.17) is 9.47 Å². The molecule has 21 heavy (non-hydrogen) atoms. The summed E-state index contributed by atoms with van der Waals surface area (Å²) >= 11 is 0. The fourth-order valence-corrected chi connectivity index (χ4v) is 3.62. The third-order valence-electron chi connectivity index (χ3n) is 4.53. The molecule has 0 bridgehead atoms. The van der Waals surface area contributed by atoms with Crippen molar-refractivity contribution < 1.29 is 9.47 Å². The summed E-state index contributed by atoms with van der Waals surface area (Å²) in [4.78, 5) is 4.63. The minimum Gasteiger partial charge on any atom is -0.331 e. The van der Waals surface area contributed by atoms with Crippen LogP contribution in [0.25, 0.3) is 0 Å². The van der Waals surface area contributed by atoms with Gasteiger partial charge in [-0.1, -0.05) is 30.3 Å². The fraction of sp³-hybridized carbons (Fsp3) is 0.529. The van der Waals surface area contributed by atoms with Crippen LogP contribution in [-0.2, 0) is 9.47 Å². The smallest absolute Gasteiger partial charge is 0.289 e. The highest BCUT2D eigenvalue weighted by atomic mass is 16.7. The Kier molecular flexibility index (Phi) is 3.56. The zero-order valence-corrected chi connectivity index (χ0v) is 12.5. The first kappa shape index (κ1) is 14.2. The van der Waals surface area contributed by atoms with E-state index >= 15 is 0 Å². The number of nitriles is 1. The highest BCUT2D eigenvalue weighted by Crippen LogP contribution is 2.57. The molecule has 2 aliphatic heterocycles. The summed E-state index contributed by atoms with van der Waals surface area (Å²) in [6.07, 6.45) is 1.43. The molecule has 4 nitrogen and oxygen atoms in total. The predicted octanol–water partition coefficient (Wildman–Crippen LogP) is 3.26. The van der Waals surface area contributed by atoms with Gasteiger partial charge in [0.05, 0.1) is 12.7 Å². The van der Waals surface area contributed by atoms with E-state index in [0.29, 0.717) is 19.6 Å². The first-order valence-electron chi connectivity index (χ1n) is 7.47. The molecule has 2 heterocycles. The molecule has 2 aliphatic rings. The van der Waals surface area contributed by atoms with Crippen molar-refractivity contribution in [3.05, 3.63) is 35.9 Å². The highest BCUT2D eigenvalue weighted by Gasteiger charge is 2.65. The quantitative estimate of drug-likeness (QED) is 0.856. The van der Waals surface area contributed by atoms with Crippen LogP contribution in [0, 0.1) is 16.7 Å². The summed E-state index contributed by atoms with van der Waals surface area (Å²) in [5.74, 6) is -1.09. The Bertz CT molecular complexity index is 593. The van der Waals surface area contributed by atoms with E-state index < -0.39 is 11.3 Å². The number of ether oxygens (including phenoxy) is 2. The summed E-state index contributed by atoms with van der Waals surface area (Å²) in [5, 5.41) is 9.98. The normalized spacial score (nSPS) is 34.9. The zero-order chi connectivity index (χ0) is 14.9. The van der Waals surface area contributed by atoms with Crippen LogP contribution in [-0.4, -0.2) is 24.8 Å². The Balaban J connectivity index is 2.14. The molecule has 3 atom stereocenters. The second kappa shape index (κ2) is 5.25. The van der Waals surface area contributed by atoms with Crippen molar-refractivity contribution in [2.45, 2.75) is 38.5 Å². The number of nitrogens with zero attached hydrogens (tertiary/aromatic N) is 2. The number of hydrogen-bond acceptors (Lipinski definition) is 4. The number of hydrogen-bond donors (Lipinski definition) is 0. The van der Waals surface area contributed by atoms with Gasteiger partial charge in [-0.2, -0.15) is 5.26 Å². The number of fused-ring (bicyclic) bond motifs is 1. The van der Waals surface area contributed by atoms with Crippen molar-refractivity contribution in [2.24, 2.45) is 10.4 Å². The average molecular weight is 284 g/mol. The van der Waals surface area contributed by atoms with Crippen LogP contribution < -0.4 is 0 Å². The van der Waals surface area contributed by atoms with Gasteiger partial charge >= 0.3 is 0 Å². The lowest BCUT2D eigenvalue weighted by Gasteiger charge is -2.44. The van der Waals surface area contributed by atoms with Gasteiger partial charge in [0.25, 0.3) is 5.91 Å². The molecule has 3 unspecified atom stereocenters. The molecule has 0 amide bonds. The number of aliphatic imine (C=N–C) groups is 1. The predicted molar refractivity (Wildman–Crippen MR) is 79.9 cm³/mol. The van der Waals surface area contributed by atoms with Gasteiger partial charge in [0, 0.05) is 18.2 Å². The lowest BCUT2D eigenvalue weighted by Crippen LogP contribution is -2.52. The third-order valence-corrected chi connectivity index (χ3v) is 4.53. The van der Waals surface area contributed by atoms with E-state index in [2.05, 4.69) is 23.2 Å². The SMILES string of the molecule is CCOC12N=C(C)CC(c3ccccc3)C1(C#N)CCO2. The van der Waals surface area contributed by atoms with Crippen LogP contribution in [0.1, 0.15) is 38.2 Å². The van der Waals surface area contributed by atoms with Gasteiger partial charge in [0.2, 0.25) is 0 Å². The summed E-state index contributed by atoms with van der Waals surface area (Å²) in [6.45, 7) is 4.88. The molecule has 110 valence electrons. The number of rotatable bonds is 3. The maximum atomic E-state index is 9.98. The topological polar surface area (TPSA) is 54.6 Å². The van der Waals surface area contributed by atoms with E-state index in [9.17, 15) is 5.26 Å². The van der Waals surface area contributed by atoms with Gasteiger partial charge in [-0.3, -0.25) is 0 Å². The van der Waals surface area contributed by atoms with Crippen LogP contribution in [0.2, 0.25) is 0 Å². The van der Waals surface area contributed by atoms with Crippen LogP contribution in [0.4, 0.5) is 0 Å². The van der Waals surface area contributed by atoms with Gasteiger partial charge in [0.1, 0.15) is 5.41 Å². The molecule has 1 aromatic carbocycles. The molecule has 1 aromatic rings. The van der Waals surface area contributed by atoms with Crippen LogP contribution in [0.3, 0.4) is 0 Å². The van der Waals surface area contributed by atoms with Gasteiger partial charge in [-0.05, 0) is 32.3 Å². The lowest BCUT2D eigenvalue weighted by molar-refractivity contribution is -0.246. The Morgan fingerprint density at radius 1 is 1.43 bits per heavy atom. The average Bonchev–Trinajstić information content (AvgIpc) is 2.86. The van der Waals surface area contributed by atoms with Gasteiger partial charge in [-0.15, -0.1) is 0 Å². The molecule has 0 N–H and O–H groups in total. The van der Waals surface area contributed by atoms with Crippen molar-refractivity contribution in [3.8, 4) is 6.07 Å². The fourth-order valence-electron chi connectivity index (χ4n) is 3.62. The lowest BCUT2D eigenvalue weighted by atomic mass is 9.65. The van der Waals surface area contributed by atoms with Crippen molar-refractivity contribution >= 4 is 5.71 Å². The van der Waals surface area contributed by atoms with E-state index in [1.54, 1.807) is 0 Å². The molecule has 4 heteroatoms. The zero-order valence-electron chi connectivity index (χ0n) is 12.5. The first-order valence-corrected chi connectivity index (χ1v) is 7.47. The molecule has 0 radical (unpaired) electrons. The van der Waals surface area contributed by atoms with Crippen molar-refractivity contribution in [2.75, 3.05) is 13.2 Å². The Labute approximate surface area is 125 Å². The van der Waals surface area contributed by atoms with Gasteiger partial charge in [0.15, 0.2) is 0 Å². The monoisotopic (exact) mass is 284 g/mol. The Hall–Kier alpha value is -1.70. The molecular formula is C17H20N2O2. The number of benzene rings is 1. The minimum atomic E-state index is -1.14. The molecule has 1 fully saturated rings. The molecule has 3 rings (SSSR count). The molecule has 0 aromatic heterocycles. The minimum absolute atomic E-state index is 0.0512. The second-order valence-electron chi connectivity index (χ2n) is 5.71. The Morgan fingerprint density at radius 3 is 2.86 bits per heavy atom. The largest absolute Gasteiger partial charge is 0.331 e. The Morgan fingerprint density at radius 2 is 2.19 bits per heavy atom. The van der Waals surface area contributed by atoms with E-state index in [-0.39, 0.29) is 5.92 Å². The molecule has 0 spiro atoms. The van der Waals surface area contributed by atoms with Crippen LogP contribution in [0.15, 0.2) is 35.3 Å². The van der Waals surface area contributed by atoms with E-state index in [0.717, 1.165) is 17.7 Å². The van der Waals surface area contributed by atoms with Crippen LogP contribution in [0.5, 0.6) is 0 Å². The standard InChI is InChI=1S/C17H20N2O2/c1-3-20-17-16(12-18,9-10-21-17)15(11-13(2)19-17)14-7-5-4-6-8-14/h4-8,15H,3,9-11H2,1-2H3. The summed E-state index contributed by atoms with van der Waals surface area (Å²) in [6, 6.07) is 12.7. The van der Waals surface area contributed by atoms with Crippen molar-refractivity contribution in [1.82, 2.24) is 0 Å². The summed E-state index contributed by atoms with van der Waals surface area (Å²) in [7, 11) is 0. The maximum absolute atomic E-state index is 9.98. The van der Waals surface area contributed by atoms with Gasteiger partial charge < -0.3 is 9.47 Å². The van der Waals surface area contributed by atoms with Gasteiger partial charge in [-0.25, -0.2) is 4.99 Å². The first-order chi connectivity index (χ1) is 10.2. The highest BCUT2D eigenvalue weighted by molar-refractivity contribution is 5.84. The van der Waals surface area contributed by atoms with Crippen molar-refractivity contribution in [1.29, 1.82) is 5.26 Å². The molecule has 0 saturated carbocycles. The molecule has 1 saturated heterocycles. The van der Waals surface area contributed by atoms with E-state index in [1.165, 1.54) is 0 Å². The summed E-state index contributed by atoms with van der Waals surface area (Å²) in [5.41, 5.74) is 1.39. The molecule has 0 aliphatic carbocycles. The second-order valence-corrected chi connectivity index (χ2v) is 5.71. The van der Waals surface area contributed by atoms with Crippen LogP contribution >= 0.6 is 0 Å². The molecular weight excluding hydrogens is 264 g/mol. The van der Waals surface area contributed by atoms with E-state index in [1.807, 2.05) is 32.0 Å². The summed E-state index contributed by atoms with van der Waals surface area (Å²) < 4.78 is 11.7. The van der Waals surface area contributed by atoms with Crippen molar-refractivity contribution in [3.63, 3.8) is 0 Å². The maximum Gasteiger partial charge on any atom is 0.289 e.